The maximum atomic E-state index is 5.71. The zero-order valence-electron chi connectivity index (χ0n) is 36.9. The third kappa shape index (κ3) is 7.91. The summed E-state index contributed by atoms with van der Waals surface area (Å²) in [5, 5.41) is 0. The van der Waals surface area contributed by atoms with Gasteiger partial charge < -0.3 is 0 Å². The number of nitrogens with zero attached hydrogens (tertiary/aromatic N) is 9. The number of aryl methyl sites for hydroxylation is 4. The lowest BCUT2D eigenvalue weighted by Gasteiger charge is -2.33. The Labute approximate surface area is 375 Å². The highest BCUT2D eigenvalue weighted by molar-refractivity contribution is 5.88. The van der Waals surface area contributed by atoms with Crippen LogP contribution in [0.3, 0.4) is 0 Å². The van der Waals surface area contributed by atoms with Crippen molar-refractivity contribution in [1.82, 2.24) is 24.9 Å². The molecule has 0 saturated carbocycles. The Morgan fingerprint density at radius 3 is 1.20 bits per heavy atom. The number of benzene rings is 4. The van der Waals surface area contributed by atoms with Gasteiger partial charge in [-0.3, -0.25) is 24.6 Å². The summed E-state index contributed by atoms with van der Waals surface area (Å²) in [7, 11) is 0. The van der Waals surface area contributed by atoms with E-state index >= 15 is 0 Å². The minimum Gasteiger partial charge on any atom is -0.294 e. The van der Waals surface area contributed by atoms with Crippen molar-refractivity contribution in [3.05, 3.63) is 222 Å². The summed E-state index contributed by atoms with van der Waals surface area (Å²) in [6.07, 6.45) is 9.34. The van der Waals surface area contributed by atoms with E-state index in [4.69, 9.17) is 19.9 Å². The van der Waals surface area contributed by atoms with Gasteiger partial charge in [-0.05, 0) is 143 Å². The third-order valence-electron chi connectivity index (χ3n) is 11.5. The number of hydrogen-bond acceptors (Lipinski definition) is 9. The predicted octanol–water partition coefficient (Wildman–Crippen LogP) is 14.4. The second-order valence-corrected chi connectivity index (χ2v) is 15.8. The molecule has 5 aromatic heterocycles. The van der Waals surface area contributed by atoms with Gasteiger partial charge in [-0.2, -0.15) is 0 Å². The van der Waals surface area contributed by atoms with Gasteiger partial charge in [0.2, 0.25) is 0 Å². The molecule has 0 radical (unpaired) electrons. The van der Waals surface area contributed by atoms with Gasteiger partial charge in [0.05, 0.1) is 17.1 Å². The molecule has 314 valence electrons. The van der Waals surface area contributed by atoms with Gasteiger partial charge in [-0.25, -0.2) is 19.9 Å². The Kier molecular flexibility index (Phi) is 11.6. The van der Waals surface area contributed by atoms with Gasteiger partial charge in [0.15, 0.2) is 0 Å². The van der Waals surface area contributed by atoms with Gasteiger partial charge in [0, 0.05) is 64.9 Å². The van der Waals surface area contributed by atoms with Gasteiger partial charge in [0.1, 0.15) is 29.1 Å². The fourth-order valence-corrected chi connectivity index (χ4v) is 8.36. The second-order valence-electron chi connectivity index (χ2n) is 15.8. The molecule has 0 N–H and O–H groups in total. The molecule has 0 spiro atoms. The van der Waals surface area contributed by atoms with E-state index in [9.17, 15) is 0 Å². The highest BCUT2D eigenvalue weighted by Crippen LogP contribution is 2.47. The molecule has 9 nitrogen and oxygen atoms in total. The predicted molar refractivity (Wildman–Crippen MR) is 263 cm³/mol. The number of para-hydroxylation sites is 4. The maximum absolute atomic E-state index is 5.71. The molecule has 64 heavy (non-hydrogen) atoms. The lowest BCUT2D eigenvalue weighted by atomic mass is 10.1. The van der Waals surface area contributed by atoms with Crippen molar-refractivity contribution in [2.75, 3.05) is 19.6 Å². The minimum atomic E-state index is 0.753. The molecule has 0 fully saturated rings. The average molecular weight is 836 g/mol. The Bertz CT molecular complexity index is 2830. The molecule has 0 aliphatic carbocycles. The van der Waals surface area contributed by atoms with Crippen LogP contribution in [-0.4, -0.2) is 24.9 Å². The molecule has 0 bridgehead atoms. The minimum absolute atomic E-state index is 0.753. The summed E-state index contributed by atoms with van der Waals surface area (Å²) in [5.74, 6) is 3.94. The van der Waals surface area contributed by atoms with Crippen molar-refractivity contribution in [3.63, 3.8) is 0 Å². The second kappa shape index (κ2) is 18.0. The molecule has 0 aliphatic rings. The van der Waals surface area contributed by atoms with Crippen molar-refractivity contribution in [2.45, 2.75) is 41.5 Å². The molecule has 9 rings (SSSR count). The zero-order chi connectivity index (χ0) is 44.2. The quantitative estimate of drug-likeness (QED) is 0.120. The van der Waals surface area contributed by atoms with Gasteiger partial charge in [-0.15, -0.1) is 0 Å². The van der Waals surface area contributed by atoms with E-state index in [0.29, 0.717) is 0 Å². The fraction of sp³-hybridized carbons (Fsp3) is 0.109. The average Bonchev–Trinajstić information content (AvgIpc) is 3.32. The van der Waals surface area contributed by atoms with Crippen molar-refractivity contribution >= 4 is 68.9 Å². The number of hydrogen-bond donors (Lipinski definition) is 0. The Morgan fingerprint density at radius 1 is 0.312 bits per heavy atom. The van der Waals surface area contributed by atoms with Crippen LogP contribution in [0.1, 0.15) is 33.4 Å². The lowest BCUT2D eigenvalue weighted by molar-refractivity contribution is 1.05. The van der Waals surface area contributed by atoms with Crippen molar-refractivity contribution in [1.29, 1.82) is 0 Å². The number of anilines is 12. The standard InChI is InChI=1S/C55H49N9/c1-38-20-19-32-57-51(38)62(45-23-13-8-14-24-45)49-30-35-59-55(43(49)6)64(47-27-17-10-18-28-47)53-40(3)36-39(2)52(60-53)63(46-25-15-9-16-26-46)50-31-34-58-54(42(50)5)61(44-21-11-7-12-22-44)48-29-33-56-37-41(48)4/h7-37H,1-6H3. The summed E-state index contributed by atoms with van der Waals surface area (Å²) in [4.78, 5) is 34.1. The van der Waals surface area contributed by atoms with Crippen molar-refractivity contribution in [3.8, 4) is 0 Å². The van der Waals surface area contributed by atoms with Crippen LogP contribution in [0.25, 0.3) is 0 Å². The highest BCUT2D eigenvalue weighted by Gasteiger charge is 2.29. The monoisotopic (exact) mass is 835 g/mol. The zero-order valence-corrected chi connectivity index (χ0v) is 36.9. The van der Waals surface area contributed by atoms with Crippen LogP contribution in [-0.2, 0) is 0 Å². The van der Waals surface area contributed by atoms with E-state index < -0.39 is 0 Å². The topological polar surface area (TPSA) is 77.4 Å². The van der Waals surface area contributed by atoms with Crippen molar-refractivity contribution in [2.24, 2.45) is 0 Å². The van der Waals surface area contributed by atoms with Gasteiger partial charge >= 0.3 is 0 Å². The Hall–Kier alpha value is -8.17. The highest BCUT2D eigenvalue weighted by atomic mass is 15.3. The molecule has 0 atom stereocenters. The molecule has 0 unspecified atom stereocenters. The first-order valence-corrected chi connectivity index (χ1v) is 21.4. The van der Waals surface area contributed by atoms with Crippen LogP contribution >= 0.6 is 0 Å². The van der Waals surface area contributed by atoms with Crippen molar-refractivity contribution < 1.29 is 0 Å². The number of pyridine rings is 5. The number of rotatable bonds is 12. The molecule has 0 aliphatic heterocycles. The Morgan fingerprint density at radius 2 is 0.719 bits per heavy atom. The molecule has 0 amide bonds. The third-order valence-corrected chi connectivity index (χ3v) is 11.5. The van der Waals surface area contributed by atoms with Gasteiger partial charge in [0.25, 0.3) is 0 Å². The van der Waals surface area contributed by atoms with Crippen LogP contribution in [0, 0.1) is 41.5 Å². The van der Waals surface area contributed by atoms with E-state index in [0.717, 1.165) is 102 Å². The number of aromatic nitrogens is 5. The fourth-order valence-electron chi connectivity index (χ4n) is 8.36. The van der Waals surface area contributed by atoms with E-state index in [-0.39, 0.29) is 0 Å². The van der Waals surface area contributed by atoms with Crippen LogP contribution in [0.2, 0.25) is 0 Å². The molecule has 5 heterocycles. The first-order chi connectivity index (χ1) is 31.3. The molecular formula is C55H49N9. The van der Waals surface area contributed by atoms with Crippen LogP contribution in [0.15, 0.2) is 189 Å². The summed E-state index contributed by atoms with van der Waals surface area (Å²) < 4.78 is 0. The first kappa shape index (κ1) is 41.2. The summed E-state index contributed by atoms with van der Waals surface area (Å²) in [6.45, 7) is 12.7. The molecule has 9 heteroatoms. The van der Waals surface area contributed by atoms with E-state index in [1.54, 1.807) is 0 Å². The molecular weight excluding hydrogens is 787 g/mol. The van der Waals surface area contributed by atoms with E-state index in [1.807, 2.05) is 67.4 Å². The van der Waals surface area contributed by atoms with Crippen LogP contribution in [0.5, 0.6) is 0 Å². The maximum Gasteiger partial charge on any atom is 0.144 e. The largest absolute Gasteiger partial charge is 0.294 e. The molecule has 9 aromatic rings. The summed E-state index contributed by atoms with van der Waals surface area (Å²) >= 11 is 0. The van der Waals surface area contributed by atoms with E-state index in [2.05, 4.69) is 187 Å². The van der Waals surface area contributed by atoms with Crippen LogP contribution in [0.4, 0.5) is 68.9 Å². The molecule has 4 aromatic carbocycles. The molecule has 0 saturated heterocycles. The van der Waals surface area contributed by atoms with E-state index in [1.165, 1.54) is 0 Å². The Balaban J connectivity index is 1.25. The van der Waals surface area contributed by atoms with Gasteiger partial charge in [-0.1, -0.05) is 78.9 Å². The SMILES string of the molecule is Cc1cnccc1N(c1ccccc1)c1nccc(N(c2ccccc2)c2nc(N(c3ccccc3)c3nccc(N(c4ccccc4)c4ncccc4C)c3C)c(C)cc2C)c1C. The normalized spacial score (nSPS) is 11.0. The summed E-state index contributed by atoms with van der Waals surface area (Å²) in [5.41, 5.74) is 12.8. The van der Waals surface area contributed by atoms with Crippen LogP contribution < -0.4 is 19.6 Å². The lowest BCUT2D eigenvalue weighted by Crippen LogP contribution is -2.21. The summed E-state index contributed by atoms with van der Waals surface area (Å²) in [6, 6.07) is 54.0. The smallest absolute Gasteiger partial charge is 0.144 e. The first-order valence-electron chi connectivity index (χ1n) is 21.4.